The second-order valence-corrected chi connectivity index (χ2v) is 22.8. The predicted octanol–water partition coefficient (Wildman–Crippen LogP) is 10.4. The highest BCUT2D eigenvalue weighted by molar-refractivity contribution is 5.81. The highest BCUT2D eigenvalue weighted by Gasteiger charge is 2.49. The predicted molar refractivity (Wildman–Crippen MR) is 223 cm³/mol. The Morgan fingerprint density at radius 1 is 0.679 bits per heavy atom. The van der Waals surface area contributed by atoms with Crippen LogP contribution in [0.2, 0.25) is 0 Å². The number of carbonyl (C=O) groups is 1. The molecule has 3 heterocycles. The van der Waals surface area contributed by atoms with Crippen molar-refractivity contribution in [3.05, 3.63) is 59.4 Å². The largest absolute Gasteiger partial charge is 0.495 e. The number of ether oxygens (including phenoxy) is 2. The van der Waals surface area contributed by atoms with Crippen LogP contribution < -0.4 is 16.0 Å². The fourth-order valence-corrected chi connectivity index (χ4v) is 11.1. The molecule has 6 heteroatoms. The smallest absolute Gasteiger partial charge is 0.317 e. The Kier molecular flexibility index (Phi) is 12.1. The highest BCUT2D eigenvalue weighted by Crippen LogP contribution is 2.47. The van der Waals surface area contributed by atoms with Crippen LogP contribution >= 0.6 is 0 Å². The van der Waals surface area contributed by atoms with E-state index in [2.05, 4.69) is 152 Å². The van der Waals surface area contributed by atoms with Crippen LogP contribution in [0.1, 0.15) is 172 Å². The summed E-state index contributed by atoms with van der Waals surface area (Å²) in [4.78, 5) is 15.5. The molecular formula is C47H79N3O3. The third-order valence-electron chi connectivity index (χ3n) is 11.8. The number of hydrogen-bond donors (Lipinski definition) is 3. The van der Waals surface area contributed by atoms with E-state index in [1.165, 1.54) is 11.1 Å². The molecule has 6 nitrogen and oxygen atoms in total. The van der Waals surface area contributed by atoms with Crippen molar-refractivity contribution in [2.75, 3.05) is 0 Å². The van der Waals surface area contributed by atoms with Crippen molar-refractivity contribution < 1.29 is 14.3 Å². The molecule has 0 radical (unpaired) electrons. The van der Waals surface area contributed by atoms with Crippen molar-refractivity contribution in [3.8, 4) is 0 Å². The summed E-state index contributed by atoms with van der Waals surface area (Å²) in [5.74, 6) is 0.811. The van der Waals surface area contributed by atoms with Gasteiger partial charge in [0.15, 0.2) is 0 Å². The number of nitrogens with one attached hydrogen (secondary N) is 3. The zero-order valence-electron chi connectivity index (χ0n) is 37.0. The second-order valence-electron chi connectivity index (χ2n) is 22.8. The molecule has 1 aromatic carbocycles. The zero-order chi connectivity index (χ0) is 40.2. The van der Waals surface area contributed by atoms with E-state index in [-0.39, 0.29) is 56.8 Å². The van der Waals surface area contributed by atoms with E-state index < -0.39 is 5.41 Å². The van der Waals surface area contributed by atoms with Gasteiger partial charge in [0.1, 0.15) is 12.2 Å². The van der Waals surface area contributed by atoms with E-state index in [9.17, 15) is 0 Å². The summed E-state index contributed by atoms with van der Waals surface area (Å²) in [6, 6.07) is 6.83. The standard InChI is InChI=1S/C47H79N3O3/c1-31-19-34(22-36(20-31)40(4,5)6)26-47(32(2)21-35-24-41(7,8)48-42(9,10)25-35,39(51)53-38-29-45(15,16)50-46(17,18)30-38)23-33(3)52-37-27-43(11,12)49-44(13,14)28-37/h19-20,22,35,37-38,48-50H,2-3,21,23-30H2,1,4-18H3. The molecular weight excluding hydrogens is 655 g/mol. The number of aryl methyl sites for hydroxylation is 1. The third kappa shape index (κ3) is 11.9. The maximum Gasteiger partial charge on any atom is 0.317 e. The van der Waals surface area contributed by atoms with E-state index in [0.29, 0.717) is 24.5 Å². The van der Waals surface area contributed by atoms with Crippen LogP contribution in [0.5, 0.6) is 0 Å². The summed E-state index contributed by atoms with van der Waals surface area (Å²) in [6.07, 6.45) is 6.55. The van der Waals surface area contributed by atoms with Crippen molar-refractivity contribution in [1.29, 1.82) is 0 Å². The number of allylic oxidation sites excluding steroid dienone is 1. The van der Waals surface area contributed by atoms with Gasteiger partial charge < -0.3 is 25.4 Å². The molecule has 0 bridgehead atoms. The minimum absolute atomic E-state index is 0.0146. The molecule has 0 aliphatic carbocycles. The van der Waals surface area contributed by atoms with E-state index in [1.54, 1.807) is 0 Å². The summed E-state index contributed by atoms with van der Waals surface area (Å²) < 4.78 is 13.7. The molecule has 1 atom stereocenters. The van der Waals surface area contributed by atoms with E-state index in [0.717, 1.165) is 56.1 Å². The molecule has 3 aliphatic heterocycles. The topological polar surface area (TPSA) is 71.6 Å². The van der Waals surface area contributed by atoms with Crippen LogP contribution in [-0.4, -0.2) is 51.4 Å². The van der Waals surface area contributed by atoms with Gasteiger partial charge in [-0.05, 0) is 138 Å². The Labute approximate surface area is 325 Å². The van der Waals surface area contributed by atoms with Gasteiger partial charge in [0, 0.05) is 65.3 Å². The molecule has 3 saturated heterocycles. The lowest BCUT2D eigenvalue weighted by molar-refractivity contribution is -0.164. The molecule has 53 heavy (non-hydrogen) atoms. The SMILES string of the molecule is C=C(CC(Cc1cc(C)cc(C(C)(C)C)c1)(C(=C)CC1CC(C)(C)NC(C)(C)C1)C(=O)OC1CC(C)(C)NC(C)(C)C1)OC1CC(C)(C)NC(C)(C)C1. The quantitative estimate of drug-likeness (QED) is 0.120. The van der Waals surface area contributed by atoms with Gasteiger partial charge in [-0.2, -0.15) is 0 Å². The Balaban J connectivity index is 1.82. The third-order valence-corrected chi connectivity index (χ3v) is 11.8. The van der Waals surface area contributed by atoms with Crippen molar-refractivity contribution in [2.45, 2.75) is 219 Å². The van der Waals surface area contributed by atoms with Crippen LogP contribution in [0.3, 0.4) is 0 Å². The molecule has 300 valence electrons. The van der Waals surface area contributed by atoms with E-state index >= 15 is 4.79 Å². The van der Waals surface area contributed by atoms with Gasteiger partial charge in [0.05, 0.1) is 11.2 Å². The number of benzene rings is 1. The minimum Gasteiger partial charge on any atom is -0.495 e. The molecule has 3 aliphatic rings. The van der Waals surface area contributed by atoms with Crippen LogP contribution in [0.25, 0.3) is 0 Å². The normalized spacial score (nSPS) is 25.2. The summed E-state index contributed by atoms with van der Waals surface area (Å²) in [5, 5.41) is 11.4. The first-order valence-electron chi connectivity index (χ1n) is 20.5. The average Bonchev–Trinajstić information content (AvgIpc) is 2.86. The Morgan fingerprint density at radius 2 is 1.09 bits per heavy atom. The number of carbonyl (C=O) groups excluding carboxylic acids is 1. The first kappa shape index (κ1) is 43.6. The first-order valence-corrected chi connectivity index (χ1v) is 20.5. The molecule has 1 aromatic rings. The zero-order valence-corrected chi connectivity index (χ0v) is 37.0. The molecule has 0 saturated carbocycles. The molecule has 3 N–H and O–H groups in total. The number of esters is 1. The highest BCUT2D eigenvalue weighted by atomic mass is 16.5. The van der Waals surface area contributed by atoms with E-state index in [1.807, 2.05) is 0 Å². The summed E-state index contributed by atoms with van der Waals surface area (Å²) in [6.45, 7) is 45.4. The summed E-state index contributed by atoms with van der Waals surface area (Å²) >= 11 is 0. The molecule has 0 spiro atoms. The van der Waals surface area contributed by atoms with Gasteiger partial charge in [0.2, 0.25) is 0 Å². The summed E-state index contributed by atoms with van der Waals surface area (Å²) in [7, 11) is 0. The van der Waals surface area contributed by atoms with Gasteiger partial charge >= 0.3 is 5.97 Å². The molecule has 4 rings (SSSR count). The number of rotatable bonds is 11. The van der Waals surface area contributed by atoms with Crippen molar-refractivity contribution in [3.63, 3.8) is 0 Å². The first-order chi connectivity index (χ1) is 23.8. The Morgan fingerprint density at radius 3 is 1.53 bits per heavy atom. The van der Waals surface area contributed by atoms with Gasteiger partial charge in [-0.3, -0.25) is 4.79 Å². The number of hydrogen-bond acceptors (Lipinski definition) is 6. The van der Waals surface area contributed by atoms with Gasteiger partial charge in [-0.1, -0.05) is 63.3 Å². The average molecular weight is 734 g/mol. The molecule has 0 amide bonds. The monoisotopic (exact) mass is 734 g/mol. The van der Waals surface area contributed by atoms with Crippen LogP contribution in [0, 0.1) is 18.3 Å². The fourth-order valence-electron chi connectivity index (χ4n) is 11.1. The molecule has 0 aromatic heterocycles. The van der Waals surface area contributed by atoms with E-state index in [4.69, 9.17) is 16.1 Å². The van der Waals surface area contributed by atoms with Crippen molar-refractivity contribution in [2.24, 2.45) is 11.3 Å². The summed E-state index contributed by atoms with van der Waals surface area (Å²) in [5.41, 5.74) is 2.86. The van der Waals surface area contributed by atoms with Gasteiger partial charge in [-0.15, -0.1) is 0 Å². The van der Waals surface area contributed by atoms with Gasteiger partial charge in [-0.25, -0.2) is 0 Å². The van der Waals surface area contributed by atoms with Gasteiger partial charge in [0.25, 0.3) is 0 Å². The lowest BCUT2D eigenvalue weighted by Crippen LogP contribution is -2.60. The maximum atomic E-state index is 15.5. The van der Waals surface area contributed by atoms with Crippen LogP contribution in [0.4, 0.5) is 0 Å². The lowest BCUT2D eigenvalue weighted by Gasteiger charge is -2.48. The Bertz CT molecular complexity index is 1420. The minimum atomic E-state index is -1.06. The molecule has 3 fully saturated rings. The second kappa shape index (κ2) is 14.7. The molecule has 1 unspecified atom stereocenters. The maximum absolute atomic E-state index is 15.5. The fraction of sp³-hybridized carbons (Fsp3) is 0.766. The number of piperidine rings is 3. The van der Waals surface area contributed by atoms with Crippen molar-refractivity contribution >= 4 is 5.97 Å². The van der Waals surface area contributed by atoms with Crippen LogP contribution in [-0.2, 0) is 26.1 Å². The van der Waals surface area contributed by atoms with Crippen molar-refractivity contribution in [1.82, 2.24) is 16.0 Å². The Hall–Kier alpha value is -2.15. The lowest BCUT2D eigenvalue weighted by atomic mass is 9.66. The van der Waals surface area contributed by atoms with Crippen LogP contribution in [0.15, 0.2) is 42.7 Å².